The van der Waals surface area contributed by atoms with E-state index >= 15 is 0 Å². The van der Waals surface area contributed by atoms with Gasteiger partial charge in [-0.1, -0.05) is 66.7 Å². The highest BCUT2D eigenvalue weighted by molar-refractivity contribution is 5.77. The van der Waals surface area contributed by atoms with Crippen LogP contribution in [0.2, 0.25) is 0 Å². The van der Waals surface area contributed by atoms with Crippen LogP contribution in [-0.4, -0.2) is 12.4 Å². The van der Waals surface area contributed by atoms with Crippen LogP contribution in [0.4, 0.5) is 10.1 Å². The van der Waals surface area contributed by atoms with Crippen LogP contribution in [0.3, 0.4) is 0 Å². The predicted octanol–water partition coefficient (Wildman–Crippen LogP) is 6.73. The molecule has 4 aromatic carbocycles. The Morgan fingerprint density at radius 1 is 0.889 bits per heavy atom. The van der Waals surface area contributed by atoms with Crippen LogP contribution in [0.1, 0.15) is 16.7 Å². The summed E-state index contributed by atoms with van der Waals surface area (Å²) in [6, 6.07) is 32.2. The van der Waals surface area contributed by atoms with E-state index in [4.69, 9.17) is 4.74 Å². The number of benzene rings is 4. The Hall–Kier alpha value is -4.83. The second kappa shape index (κ2) is 10.6. The zero-order valence-electron chi connectivity index (χ0n) is 19.3. The molecule has 0 saturated carbocycles. The third kappa shape index (κ3) is 5.13. The van der Waals surface area contributed by atoms with Gasteiger partial charge in [0.2, 0.25) is 0 Å². The minimum absolute atomic E-state index is 0.195. The van der Waals surface area contributed by atoms with Gasteiger partial charge in [0.05, 0.1) is 17.8 Å². The average molecular weight is 476 g/mol. The van der Waals surface area contributed by atoms with Crippen LogP contribution >= 0.6 is 0 Å². The molecular weight excluding hydrogens is 453 g/mol. The maximum Gasteiger partial charge on any atom is 0.182 e. The Labute approximate surface area is 208 Å². The summed E-state index contributed by atoms with van der Waals surface area (Å²) < 4.78 is 20.6. The van der Waals surface area contributed by atoms with Crippen LogP contribution in [0.25, 0.3) is 11.1 Å². The first-order chi connectivity index (χ1) is 17.7. The van der Waals surface area contributed by atoms with E-state index in [0.29, 0.717) is 12.1 Å². The molecular formula is C29H22FN5O. The van der Waals surface area contributed by atoms with Gasteiger partial charge in [-0.05, 0) is 52.2 Å². The van der Waals surface area contributed by atoms with Crippen molar-refractivity contribution in [2.45, 2.75) is 19.3 Å². The zero-order chi connectivity index (χ0) is 24.7. The summed E-state index contributed by atoms with van der Waals surface area (Å²) in [5.74, 6) is -0.240. The number of halogens is 1. The second-order valence-electron chi connectivity index (χ2n) is 8.26. The molecule has 1 atom stereocenters. The highest BCUT2D eigenvalue weighted by atomic mass is 19.1. The quantitative estimate of drug-likeness (QED) is 0.284. The summed E-state index contributed by atoms with van der Waals surface area (Å²) in [7, 11) is 0. The van der Waals surface area contributed by atoms with Gasteiger partial charge in [-0.2, -0.15) is 5.26 Å². The molecule has 0 fully saturated rings. The monoisotopic (exact) mass is 475 g/mol. The summed E-state index contributed by atoms with van der Waals surface area (Å²) in [4.78, 5) is 1.97. The molecule has 0 aromatic heterocycles. The van der Waals surface area contributed by atoms with Gasteiger partial charge in [-0.3, -0.25) is 0 Å². The molecule has 0 bridgehead atoms. The van der Waals surface area contributed by atoms with Crippen molar-refractivity contribution in [1.82, 2.24) is 0 Å². The third-order valence-corrected chi connectivity index (χ3v) is 5.87. The SMILES string of the molecule is N#Cc1ccc(N(Cc2ccc(OCc3ccccc3)c(F)c2)C2C=NN=N2)cc1-c1ccccc1. The molecule has 0 saturated heterocycles. The Kier molecular flexibility index (Phi) is 6.77. The number of anilines is 1. The number of nitrogens with zero attached hydrogens (tertiary/aromatic N) is 5. The van der Waals surface area contributed by atoms with E-state index in [0.717, 1.165) is 27.9 Å². The molecule has 1 aliphatic rings. The van der Waals surface area contributed by atoms with Gasteiger partial charge >= 0.3 is 0 Å². The van der Waals surface area contributed by atoms with Crippen LogP contribution in [0.5, 0.6) is 5.75 Å². The molecule has 7 heteroatoms. The van der Waals surface area contributed by atoms with E-state index in [9.17, 15) is 9.65 Å². The average Bonchev–Trinajstić information content (AvgIpc) is 3.47. The lowest BCUT2D eigenvalue weighted by Crippen LogP contribution is -2.33. The largest absolute Gasteiger partial charge is 0.486 e. The highest BCUT2D eigenvalue weighted by Gasteiger charge is 2.22. The number of rotatable bonds is 8. The molecule has 36 heavy (non-hydrogen) atoms. The molecule has 0 aliphatic carbocycles. The van der Waals surface area contributed by atoms with Crippen LogP contribution < -0.4 is 9.64 Å². The Morgan fingerprint density at radius 3 is 2.36 bits per heavy atom. The molecule has 1 heterocycles. The standard InChI is InChI=1S/C29H22FN5O/c30-27-15-22(11-14-28(27)36-20-21-7-3-1-4-8-21)19-35(29-18-32-34-33-29)25-13-12-24(17-31)26(16-25)23-9-5-2-6-10-23/h1-16,18,29H,19-20H2. The number of ether oxygens (including phenoxy) is 1. The maximum atomic E-state index is 14.9. The normalized spacial score (nSPS) is 13.9. The summed E-state index contributed by atoms with van der Waals surface area (Å²) in [5.41, 5.74) is 4.83. The molecule has 0 radical (unpaired) electrons. The number of nitriles is 1. The first-order valence-electron chi connectivity index (χ1n) is 11.5. The van der Waals surface area contributed by atoms with Crippen molar-refractivity contribution in [1.29, 1.82) is 5.26 Å². The van der Waals surface area contributed by atoms with Crippen LogP contribution in [0.15, 0.2) is 113 Å². The molecule has 1 unspecified atom stereocenters. The van der Waals surface area contributed by atoms with Crippen LogP contribution in [-0.2, 0) is 13.2 Å². The summed E-state index contributed by atoms with van der Waals surface area (Å²) in [5, 5.41) is 21.5. The Bertz CT molecular complexity index is 1440. The van der Waals surface area contributed by atoms with Gasteiger partial charge in [0.1, 0.15) is 6.61 Å². The van der Waals surface area contributed by atoms with Gasteiger partial charge in [0.25, 0.3) is 0 Å². The van der Waals surface area contributed by atoms with Crippen molar-refractivity contribution in [2.24, 2.45) is 15.4 Å². The second-order valence-corrected chi connectivity index (χ2v) is 8.26. The summed E-state index contributed by atoms with van der Waals surface area (Å²) in [6.07, 6.45) is 1.19. The van der Waals surface area contributed by atoms with Crippen molar-refractivity contribution in [3.63, 3.8) is 0 Å². The summed E-state index contributed by atoms with van der Waals surface area (Å²) >= 11 is 0. The van der Waals surface area contributed by atoms with E-state index in [1.807, 2.05) is 83.8 Å². The van der Waals surface area contributed by atoms with Gasteiger partial charge in [-0.25, -0.2) is 4.39 Å². The Balaban J connectivity index is 1.42. The van der Waals surface area contributed by atoms with E-state index in [1.54, 1.807) is 18.3 Å². The smallest absolute Gasteiger partial charge is 0.182 e. The first kappa shape index (κ1) is 22.9. The van der Waals surface area contributed by atoms with Crippen LogP contribution in [0, 0.1) is 17.1 Å². The van der Waals surface area contributed by atoms with Crippen molar-refractivity contribution in [3.8, 4) is 22.9 Å². The Morgan fingerprint density at radius 2 is 1.67 bits per heavy atom. The summed E-state index contributed by atoms with van der Waals surface area (Å²) in [6.45, 7) is 0.640. The molecule has 6 nitrogen and oxygen atoms in total. The van der Waals surface area contributed by atoms with E-state index in [-0.39, 0.29) is 12.4 Å². The molecule has 0 amide bonds. The molecule has 0 N–H and O–H groups in total. The van der Waals surface area contributed by atoms with E-state index in [2.05, 4.69) is 21.5 Å². The lowest BCUT2D eigenvalue weighted by atomic mass is 9.99. The lowest BCUT2D eigenvalue weighted by molar-refractivity contribution is 0.290. The minimum Gasteiger partial charge on any atom is -0.486 e. The molecule has 176 valence electrons. The third-order valence-electron chi connectivity index (χ3n) is 5.87. The molecule has 1 aliphatic heterocycles. The molecule has 5 rings (SSSR count). The van der Waals surface area contributed by atoms with Crippen molar-refractivity contribution >= 4 is 11.9 Å². The zero-order valence-corrected chi connectivity index (χ0v) is 19.3. The van der Waals surface area contributed by atoms with Gasteiger partial charge < -0.3 is 9.64 Å². The topological polar surface area (TPSA) is 73.3 Å². The van der Waals surface area contributed by atoms with Gasteiger partial charge in [0.15, 0.2) is 17.7 Å². The fraction of sp³-hybridized carbons (Fsp3) is 0.103. The molecule has 4 aromatic rings. The van der Waals surface area contributed by atoms with Crippen molar-refractivity contribution in [3.05, 3.63) is 120 Å². The lowest BCUT2D eigenvalue weighted by Gasteiger charge is -2.27. The first-order valence-corrected chi connectivity index (χ1v) is 11.5. The van der Waals surface area contributed by atoms with Gasteiger partial charge in [0, 0.05) is 17.8 Å². The highest BCUT2D eigenvalue weighted by Crippen LogP contribution is 2.31. The van der Waals surface area contributed by atoms with Crippen molar-refractivity contribution in [2.75, 3.05) is 4.90 Å². The number of hydrogen-bond acceptors (Lipinski definition) is 6. The maximum absolute atomic E-state index is 14.9. The minimum atomic E-state index is -0.446. The predicted molar refractivity (Wildman–Crippen MR) is 137 cm³/mol. The fourth-order valence-corrected chi connectivity index (χ4v) is 4.04. The van der Waals surface area contributed by atoms with Crippen molar-refractivity contribution < 1.29 is 9.13 Å². The fourth-order valence-electron chi connectivity index (χ4n) is 4.04. The van der Waals surface area contributed by atoms with E-state index < -0.39 is 12.0 Å². The number of hydrogen-bond donors (Lipinski definition) is 0. The van der Waals surface area contributed by atoms with Gasteiger partial charge in [-0.15, -0.1) is 10.2 Å². The molecule has 0 spiro atoms. The van der Waals surface area contributed by atoms with E-state index in [1.165, 1.54) is 6.07 Å².